The van der Waals surface area contributed by atoms with Gasteiger partial charge in [-0.15, -0.1) is 4.83 Å². The number of likely N-dealkylation sites (N-methyl/N-ethyl adjacent to an activating group) is 1. The van der Waals surface area contributed by atoms with E-state index >= 15 is 0 Å². The van der Waals surface area contributed by atoms with Crippen LogP contribution in [0.1, 0.15) is 48.3 Å². The van der Waals surface area contributed by atoms with Crippen molar-refractivity contribution < 1.29 is 18.0 Å². The normalized spacial score (nSPS) is 15.9. The Labute approximate surface area is 141 Å². The zero-order valence-corrected chi connectivity index (χ0v) is 14.6. The van der Waals surface area contributed by atoms with Gasteiger partial charge >= 0.3 is 0 Å². The molecule has 0 unspecified atom stereocenters. The highest BCUT2D eigenvalue weighted by Crippen LogP contribution is 2.22. The van der Waals surface area contributed by atoms with Gasteiger partial charge in [0, 0.05) is 7.05 Å². The van der Waals surface area contributed by atoms with Crippen molar-refractivity contribution in [2.24, 2.45) is 0 Å². The molecule has 9 nitrogen and oxygen atoms in total. The van der Waals surface area contributed by atoms with E-state index in [-0.39, 0.29) is 18.1 Å². The smallest absolute Gasteiger partial charge is 0.284 e. The first-order chi connectivity index (χ1) is 11.3. The van der Waals surface area contributed by atoms with E-state index in [1.807, 2.05) is 0 Å². The second-order valence-electron chi connectivity index (χ2n) is 5.86. The van der Waals surface area contributed by atoms with E-state index in [9.17, 15) is 18.0 Å². The molecule has 0 radical (unpaired) electrons. The SMILES string of the molecule is CNC(=O)Cn1nc(C)cc1C(=O)NNS(=O)(=O)C1CCCCC1. The molecular formula is C14H23N5O4S. The summed E-state index contributed by atoms with van der Waals surface area (Å²) in [6.07, 6.45) is 3.98. The highest BCUT2D eigenvalue weighted by atomic mass is 32.2. The van der Waals surface area contributed by atoms with Gasteiger partial charge in [-0.25, -0.2) is 8.42 Å². The van der Waals surface area contributed by atoms with Crippen molar-refractivity contribution in [3.8, 4) is 0 Å². The van der Waals surface area contributed by atoms with Crippen LogP contribution in [-0.4, -0.2) is 42.3 Å². The van der Waals surface area contributed by atoms with Gasteiger partial charge in [0.15, 0.2) is 0 Å². The predicted molar refractivity (Wildman–Crippen MR) is 87.4 cm³/mol. The van der Waals surface area contributed by atoms with Crippen LogP contribution in [0.25, 0.3) is 0 Å². The van der Waals surface area contributed by atoms with Crippen molar-refractivity contribution >= 4 is 21.8 Å². The van der Waals surface area contributed by atoms with Crippen molar-refractivity contribution in [2.75, 3.05) is 7.05 Å². The number of aryl methyl sites for hydroxylation is 1. The fourth-order valence-electron chi connectivity index (χ4n) is 2.70. The summed E-state index contributed by atoms with van der Waals surface area (Å²) in [5, 5.41) is 6.03. The first-order valence-electron chi connectivity index (χ1n) is 7.89. The quantitative estimate of drug-likeness (QED) is 0.610. The van der Waals surface area contributed by atoms with Gasteiger partial charge in [0.25, 0.3) is 5.91 Å². The predicted octanol–water partition coefficient (Wildman–Crippen LogP) is -0.166. The Balaban J connectivity index is 2.03. The molecule has 1 fully saturated rings. The minimum atomic E-state index is -3.61. The van der Waals surface area contributed by atoms with Crippen molar-refractivity contribution in [1.82, 2.24) is 25.4 Å². The fourth-order valence-corrected chi connectivity index (χ4v) is 4.06. The van der Waals surface area contributed by atoms with Crippen LogP contribution in [-0.2, 0) is 21.4 Å². The van der Waals surface area contributed by atoms with Gasteiger partial charge in [-0.2, -0.15) is 5.10 Å². The van der Waals surface area contributed by atoms with Crippen LogP contribution in [0.4, 0.5) is 0 Å². The largest absolute Gasteiger partial charge is 0.358 e. The van der Waals surface area contributed by atoms with Crippen LogP contribution in [0, 0.1) is 6.92 Å². The van der Waals surface area contributed by atoms with Crippen molar-refractivity contribution in [1.29, 1.82) is 0 Å². The molecule has 2 rings (SSSR count). The third kappa shape index (κ3) is 4.54. The number of nitrogens with one attached hydrogen (secondary N) is 3. The average molecular weight is 357 g/mol. The molecular weight excluding hydrogens is 334 g/mol. The van der Waals surface area contributed by atoms with Gasteiger partial charge in [-0.3, -0.25) is 19.7 Å². The molecule has 10 heteroatoms. The standard InChI is InChI=1S/C14H23N5O4S/c1-10-8-12(19(17-10)9-13(20)15-2)14(21)16-18-24(22,23)11-6-4-3-5-7-11/h8,11,18H,3-7,9H2,1-2H3,(H,15,20)(H,16,21). The highest BCUT2D eigenvalue weighted by molar-refractivity contribution is 7.90. The Hall–Kier alpha value is -1.94. The van der Waals surface area contributed by atoms with E-state index in [1.165, 1.54) is 17.8 Å². The molecule has 0 aromatic carbocycles. The van der Waals surface area contributed by atoms with Crippen LogP contribution in [0.3, 0.4) is 0 Å². The third-order valence-electron chi connectivity index (χ3n) is 4.00. The number of hydrogen-bond acceptors (Lipinski definition) is 5. The molecule has 1 aromatic rings. The maximum Gasteiger partial charge on any atom is 0.284 e. The molecule has 1 aliphatic rings. The first kappa shape index (κ1) is 18.4. The summed E-state index contributed by atoms with van der Waals surface area (Å²) in [5.41, 5.74) is 2.88. The second kappa shape index (κ2) is 7.75. The molecule has 1 heterocycles. The van der Waals surface area contributed by atoms with Gasteiger partial charge in [0.1, 0.15) is 12.2 Å². The molecule has 0 aliphatic heterocycles. The molecule has 0 spiro atoms. The number of hydrogen-bond donors (Lipinski definition) is 3. The topological polar surface area (TPSA) is 122 Å². The van der Waals surface area contributed by atoms with Crippen LogP contribution in [0.15, 0.2) is 6.07 Å². The van der Waals surface area contributed by atoms with Crippen molar-refractivity contribution in [3.05, 3.63) is 17.5 Å². The average Bonchev–Trinajstić information content (AvgIpc) is 2.93. The fraction of sp³-hybridized carbons (Fsp3) is 0.643. The zero-order valence-electron chi connectivity index (χ0n) is 13.8. The van der Waals surface area contributed by atoms with E-state index < -0.39 is 21.2 Å². The van der Waals surface area contributed by atoms with Gasteiger partial charge in [-0.1, -0.05) is 19.3 Å². The number of carbonyl (C=O) groups excluding carboxylic acids is 2. The lowest BCUT2D eigenvalue weighted by Gasteiger charge is -2.22. The highest BCUT2D eigenvalue weighted by Gasteiger charge is 2.28. The number of hydrazine groups is 1. The minimum absolute atomic E-state index is 0.113. The summed E-state index contributed by atoms with van der Waals surface area (Å²) in [5.74, 6) is -0.964. The molecule has 1 saturated carbocycles. The molecule has 24 heavy (non-hydrogen) atoms. The molecule has 3 N–H and O–H groups in total. The molecule has 0 atom stereocenters. The third-order valence-corrected chi connectivity index (χ3v) is 5.74. The monoisotopic (exact) mass is 357 g/mol. The minimum Gasteiger partial charge on any atom is -0.358 e. The summed E-state index contributed by atoms with van der Waals surface area (Å²) in [4.78, 5) is 25.9. The van der Waals surface area contributed by atoms with Crippen LogP contribution < -0.4 is 15.6 Å². The van der Waals surface area contributed by atoms with Gasteiger partial charge in [-0.05, 0) is 25.8 Å². The van der Waals surface area contributed by atoms with Gasteiger partial charge < -0.3 is 5.32 Å². The van der Waals surface area contributed by atoms with Crippen LogP contribution >= 0.6 is 0 Å². The van der Waals surface area contributed by atoms with Crippen molar-refractivity contribution in [3.63, 3.8) is 0 Å². The number of rotatable bonds is 6. The molecule has 134 valence electrons. The second-order valence-corrected chi connectivity index (χ2v) is 7.82. The zero-order chi connectivity index (χ0) is 17.7. The lowest BCUT2D eigenvalue weighted by atomic mass is 10.0. The van der Waals surface area contributed by atoms with Crippen molar-refractivity contribution in [2.45, 2.75) is 50.8 Å². The first-order valence-corrected chi connectivity index (χ1v) is 9.44. The lowest BCUT2D eigenvalue weighted by molar-refractivity contribution is -0.121. The summed E-state index contributed by atoms with van der Waals surface area (Å²) < 4.78 is 25.7. The Morgan fingerprint density at radius 1 is 1.29 bits per heavy atom. The molecule has 0 saturated heterocycles. The maximum absolute atomic E-state index is 12.2. The number of carbonyl (C=O) groups is 2. The molecule has 2 amide bonds. The summed E-state index contributed by atoms with van der Waals surface area (Å²) in [6.45, 7) is 1.56. The Morgan fingerprint density at radius 3 is 2.58 bits per heavy atom. The Morgan fingerprint density at radius 2 is 1.96 bits per heavy atom. The van der Waals surface area contributed by atoms with E-state index in [1.54, 1.807) is 6.92 Å². The molecule has 0 bridgehead atoms. The maximum atomic E-state index is 12.2. The summed E-state index contributed by atoms with van der Waals surface area (Å²) in [6, 6.07) is 1.49. The molecule has 1 aliphatic carbocycles. The van der Waals surface area contributed by atoms with E-state index in [0.29, 0.717) is 18.5 Å². The van der Waals surface area contributed by atoms with Crippen LogP contribution in [0.5, 0.6) is 0 Å². The summed E-state index contributed by atoms with van der Waals surface area (Å²) in [7, 11) is -2.13. The lowest BCUT2D eigenvalue weighted by Crippen LogP contribution is -2.47. The van der Waals surface area contributed by atoms with E-state index in [4.69, 9.17) is 0 Å². The van der Waals surface area contributed by atoms with Crippen LogP contribution in [0.2, 0.25) is 0 Å². The molecule has 1 aromatic heterocycles. The van der Waals surface area contributed by atoms with E-state index in [2.05, 4.69) is 20.7 Å². The number of aromatic nitrogens is 2. The van der Waals surface area contributed by atoms with Gasteiger partial charge in [0.05, 0.1) is 10.9 Å². The van der Waals surface area contributed by atoms with Gasteiger partial charge in [0.2, 0.25) is 15.9 Å². The Kier molecular flexibility index (Phi) is 5.94. The van der Waals surface area contributed by atoms with E-state index in [0.717, 1.165) is 19.3 Å². The number of nitrogens with zero attached hydrogens (tertiary/aromatic N) is 2. The summed E-state index contributed by atoms with van der Waals surface area (Å²) >= 11 is 0. The Bertz CT molecular complexity index is 707. The number of sulfonamides is 1. The number of amides is 2.